The molecule has 27 heavy (non-hydrogen) atoms. The van der Waals surface area contributed by atoms with Crippen LogP contribution in [0.5, 0.6) is 0 Å². The monoisotopic (exact) mass is 508 g/mol. The maximum absolute atomic E-state index is 5.70. The molecular formula is C19H33IN4O2S. The van der Waals surface area contributed by atoms with Crippen molar-refractivity contribution in [3.05, 3.63) is 17.5 Å². The van der Waals surface area contributed by atoms with Gasteiger partial charge in [0, 0.05) is 45.9 Å². The molecule has 2 fully saturated rings. The molecule has 0 saturated carbocycles. The molecule has 1 atom stereocenters. The quantitative estimate of drug-likeness (QED) is 0.245. The predicted octanol–water partition coefficient (Wildman–Crippen LogP) is 3.09. The molecule has 2 saturated heterocycles. The van der Waals surface area contributed by atoms with E-state index in [2.05, 4.69) is 38.0 Å². The zero-order valence-corrected chi connectivity index (χ0v) is 19.3. The van der Waals surface area contributed by atoms with E-state index < -0.39 is 0 Å². The molecule has 0 spiro atoms. The predicted molar refractivity (Wildman–Crippen MR) is 124 cm³/mol. The first-order valence-electron chi connectivity index (χ1n) is 9.80. The highest BCUT2D eigenvalue weighted by Crippen LogP contribution is 2.24. The van der Waals surface area contributed by atoms with Crippen LogP contribution >= 0.6 is 35.3 Å². The van der Waals surface area contributed by atoms with E-state index in [0.717, 1.165) is 71.1 Å². The summed E-state index contributed by atoms with van der Waals surface area (Å²) in [5.41, 5.74) is 0. The maximum atomic E-state index is 5.70. The number of nitrogens with one attached hydrogen (secondary N) is 2. The van der Waals surface area contributed by atoms with Crippen molar-refractivity contribution >= 4 is 46.3 Å². The minimum Gasteiger partial charge on any atom is -0.379 e. The van der Waals surface area contributed by atoms with Gasteiger partial charge in [0.05, 0.1) is 17.7 Å². The van der Waals surface area contributed by atoms with Gasteiger partial charge in [-0.2, -0.15) is 0 Å². The number of piperidine rings is 1. The van der Waals surface area contributed by atoms with Gasteiger partial charge in [-0.15, -0.1) is 35.3 Å². The molecule has 3 heterocycles. The van der Waals surface area contributed by atoms with Gasteiger partial charge in [-0.1, -0.05) is 0 Å². The van der Waals surface area contributed by atoms with Crippen molar-refractivity contribution in [1.82, 2.24) is 10.6 Å². The molecule has 0 radical (unpaired) electrons. The summed E-state index contributed by atoms with van der Waals surface area (Å²) >= 11 is 1.82. The third-order valence-electron chi connectivity index (χ3n) is 4.96. The molecule has 1 unspecified atom stereocenters. The lowest BCUT2D eigenvalue weighted by Crippen LogP contribution is -2.48. The van der Waals surface area contributed by atoms with Crippen molar-refractivity contribution in [2.45, 2.75) is 44.2 Å². The number of ether oxygens (including phenoxy) is 2. The molecule has 8 heteroatoms. The van der Waals surface area contributed by atoms with Gasteiger partial charge in [-0.25, -0.2) is 0 Å². The molecule has 6 nitrogen and oxygen atoms in total. The standard InChI is InChI=1S/C19H32N4O2S.HI/c1-20-19(21-9-4-12-24-15-17-5-2-13-25-17)22-16-7-10-23(11-8-16)18-6-3-14-26-18;/h3,6,14,16-17H,2,4-5,7-13,15H2,1H3,(H2,20,21,22);1H. The first-order valence-corrected chi connectivity index (χ1v) is 10.7. The minimum atomic E-state index is 0. The highest BCUT2D eigenvalue weighted by molar-refractivity contribution is 14.0. The van der Waals surface area contributed by atoms with Crippen molar-refractivity contribution in [3.63, 3.8) is 0 Å². The summed E-state index contributed by atoms with van der Waals surface area (Å²) in [6, 6.07) is 4.83. The topological polar surface area (TPSA) is 58.1 Å². The van der Waals surface area contributed by atoms with E-state index in [1.54, 1.807) is 0 Å². The highest BCUT2D eigenvalue weighted by atomic mass is 127. The number of aliphatic imine (C=N–C) groups is 1. The normalized spacial score (nSPS) is 21.1. The van der Waals surface area contributed by atoms with E-state index in [9.17, 15) is 0 Å². The fourth-order valence-corrected chi connectivity index (χ4v) is 4.24. The summed E-state index contributed by atoms with van der Waals surface area (Å²) in [6.07, 6.45) is 5.89. The van der Waals surface area contributed by atoms with Crippen LogP contribution in [-0.2, 0) is 9.47 Å². The van der Waals surface area contributed by atoms with Crippen LogP contribution in [0.4, 0.5) is 5.00 Å². The van der Waals surface area contributed by atoms with Crippen LogP contribution in [-0.4, -0.2) is 64.6 Å². The minimum absolute atomic E-state index is 0. The number of hydrogen-bond acceptors (Lipinski definition) is 5. The summed E-state index contributed by atoms with van der Waals surface area (Å²) in [7, 11) is 1.84. The fraction of sp³-hybridized carbons (Fsp3) is 0.737. The number of rotatable bonds is 8. The molecule has 3 rings (SSSR count). The van der Waals surface area contributed by atoms with Crippen molar-refractivity contribution < 1.29 is 9.47 Å². The Morgan fingerprint density at radius 2 is 2.22 bits per heavy atom. The Kier molecular flexibility index (Phi) is 10.8. The molecule has 1 aromatic rings. The Hall–Kier alpha value is -0.580. The first kappa shape index (κ1) is 22.7. The Bertz CT molecular complexity index is 530. The zero-order valence-electron chi connectivity index (χ0n) is 16.2. The van der Waals surface area contributed by atoms with Gasteiger partial charge in [-0.3, -0.25) is 4.99 Å². The number of halogens is 1. The molecule has 2 aliphatic rings. The van der Waals surface area contributed by atoms with E-state index in [1.807, 2.05) is 18.4 Å². The Morgan fingerprint density at radius 1 is 1.37 bits per heavy atom. The second-order valence-corrected chi connectivity index (χ2v) is 7.85. The van der Waals surface area contributed by atoms with E-state index in [-0.39, 0.29) is 24.0 Å². The second kappa shape index (κ2) is 12.8. The van der Waals surface area contributed by atoms with Gasteiger partial charge in [0.1, 0.15) is 0 Å². The van der Waals surface area contributed by atoms with Crippen LogP contribution in [0.1, 0.15) is 32.1 Å². The Balaban J connectivity index is 0.00000261. The van der Waals surface area contributed by atoms with Crippen LogP contribution in [0, 0.1) is 0 Å². The Morgan fingerprint density at radius 3 is 2.89 bits per heavy atom. The third kappa shape index (κ3) is 7.75. The van der Waals surface area contributed by atoms with Crippen LogP contribution in [0.15, 0.2) is 22.5 Å². The van der Waals surface area contributed by atoms with E-state index in [0.29, 0.717) is 12.1 Å². The smallest absolute Gasteiger partial charge is 0.191 e. The first-order chi connectivity index (χ1) is 12.8. The molecule has 0 aromatic carbocycles. The number of anilines is 1. The molecular weight excluding hydrogens is 475 g/mol. The van der Waals surface area contributed by atoms with Gasteiger partial charge in [-0.05, 0) is 49.6 Å². The molecule has 1 aromatic heterocycles. The lowest BCUT2D eigenvalue weighted by molar-refractivity contribution is 0.0168. The van der Waals surface area contributed by atoms with Crippen LogP contribution in [0.2, 0.25) is 0 Å². The lowest BCUT2D eigenvalue weighted by Gasteiger charge is -2.33. The highest BCUT2D eigenvalue weighted by Gasteiger charge is 2.20. The second-order valence-electron chi connectivity index (χ2n) is 6.92. The summed E-state index contributed by atoms with van der Waals surface area (Å²) < 4.78 is 11.3. The van der Waals surface area contributed by atoms with Gasteiger partial charge in [0.2, 0.25) is 0 Å². The Labute approximate surface area is 184 Å². The molecule has 0 bridgehead atoms. The summed E-state index contributed by atoms with van der Waals surface area (Å²) in [5, 5.41) is 10.5. The fourth-order valence-electron chi connectivity index (χ4n) is 3.45. The van der Waals surface area contributed by atoms with Crippen LogP contribution in [0.3, 0.4) is 0 Å². The van der Waals surface area contributed by atoms with Gasteiger partial charge >= 0.3 is 0 Å². The maximum Gasteiger partial charge on any atom is 0.191 e. The van der Waals surface area contributed by atoms with Crippen molar-refractivity contribution in [2.75, 3.05) is 51.4 Å². The molecule has 2 aliphatic heterocycles. The lowest BCUT2D eigenvalue weighted by atomic mass is 10.1. The number of hydrogen-bond donors (Lipinski definition) is 2. The van der Waals surface area contributed by atoms with E-state index in [1.165, 1.54) is 11.4 Å². The number of guanidine groups is 1. The summed E-state index contributed by atoms with van der Waals surface area (Å²) in [5.74, 6) is 0.902. The number of nitrogens with zero attached hydrogens (tertiary/aromatic N) is 2. The van der Waals surface area contributed by atoms with Gasteiger partial charge in [0.25, 0.3) is 0 Å². The van der Waals surface area contributed by atoms with Crippen molar-refractivity contribution in [3.8, 4) is 0 Å². The van der Waals surface area contributed by atoms with Gasteiger partial charge in [0.15, 0.2) is 5.96 Å². The number of thiophene rings is 1. The van der Waals surface area contributed by atoms with Crippen molar-refractivity contribution in [2.24, 2.45) is 4.99 Å². The van der Waals surface area contributed by atoms with Crippen LogP contribution < -0.4 is 15.5 Å². The van der Waals surface area contributed by atoms with Crippen LogP contribution in [0.25, 0.3) is 0 Å². The average molecular weight is 508 g/mol. The molecule has 0 amide bonds. The summed E-state index contributed by atoms with van der Waals surface area (Å²) in [4.78, 5) is 6.83. The zero-order chi connectivity index (χ0) is 18.0. The van der Waals surface area contributed by atoms with Crippen molar-refractivity contribution in [1.29, 1.82) is 0 Å². The van der Waals surface area contributed by atoms with Gasteiger partial charge < -0.3 is 25.0 Å². The molecule has 2 N–H and O–H groups in total. The summed E-state index contributed by atoms with van der Waals surface area (Å²) in [6.45, 7) is 5.47. The van der Waals surface area contributed by atoms with E-state index in [4.69, 9.17) is 9.47 Å². The molecule has 154 valence electrons. The SMILES string of the molecule is CN=C(NCCCOCC1CCCO1)NC1CCN(c2cccs2)CC1.I. The average Bonchev–Trinajstić information content (AvgIpc) is 3.38. The van der Waals surface area contributed by atoms with E-state index >= 15 is 0 Å². The molecule has 0 aliphatic carbocycles. The third-order valence-corrected chi connectivity index (χ3v) is 5.89. The largest absolute Gasteiger partial charge is 0.379 e.